The van der Waals surface area contributed by atoms with Crippen LogP contribution in [0.4, 0.5) is 5.69 Å². The molecule has 0 atom stereocenters. The summed E-state index contributed by atoms with van der Waals surface area (Å²) in [6, 6.07) is 11.4. The van der Waals surface area contributed by atoms with Gasteiger partial charge in [0.05, 0.1) is 18.9 Å². The molecule has 5 nitrogen and oxygen atoms in total. The minimum absolute atomic E-state index is 0.0706. The molecule has 1 aliphatic rings. The fraction of sp³-hybridized carbons (Fsp3) is 0.273. The minimum Gasteiger partial charge on any atom is -0.496 e. The fourth-order valence-electron chi connectivity index (χ4n) is 3.33. The summed E-state index contributed by atoms with van der Waals surface area (Å²) in [5.41, 5.74) is 7.35. The summed E-state index contributed by atoms with van der Waals surface area (Å²) in [4.78, 5) is 14.5. The van der Waals surface area contributed by atoms with E-state index in [9.17, 15) is 4.79 Å². The van der Waals surface area contributed by atoms with Gasteiger partial charge in [0.15, 0.2) is 0 Å². The van der Waals surface area contributed by atoms with Crippen molar-refractivity contribution in [3.63, 3.8) is 0 Å². The Kier molecular flexibility index (Phi) is 5.79. The summed E-state index contributed by atoms with van der Waals surface area (Å²) in [6.07, 6.45) is 3.87. The minimum atomic E-state index is -0.246. The fourth-order valence-corrected chi connectivity index (χ4v) is 3.87. The van der Waals surface area contributed by atoms with Crippen LogP contribution in [0.2, 0.25) is 0 Å². The van der Waals surface area contributed by atoms with Crippen molar-refractivity contribution >= 4 is 46.0 Å². The number of carbonyl (C=O) groups excluding carboxylic acids is 1. The highest BCUT2D eigenvalue weighted by atomic mass is 127. The quantitative estimate of drug-likeness (QED) is 0.385. The number of nitrogens with zero attached hydrogens (tertiary/aromatic N) is 2. The SMILES string of the molecule is COc1cc2c(cc1/C=N\NC(=O)c1cccc(I)c1)C(C)=CC(C)(C)N2C. The number of likely N-dealkylation sites (N-methyl/N-ethyl adjacent to an activating group) is 1. The predicted molar refractivity (Wildman–Crippen MR) is 123 cm³/mol. The topological polar surface area (TPSA) is 53.9 Å². The van der Waals surface area contributed by atoms with E-state index in [0.717, 1.165) is 20.4 Å². The highest BCUT2D eigenvalue weighted by molar-refractivity contribution is 14.1. The van der Waals surface area contributed by atoms with Gasteiger partial charge in [0.2, 0.25) is 0 Å². The maximum Gasteiger partial charge on any atom is 0.271 e. The number of amides is 1. The van der Waals surface area contributed by atoms with Crippen molar-refractivity contribution in [3.8, 4) is 5.75 Å². The molecule has 0 fully saturated rings. The summed E-state index contributed by atoms with van der Waals surface area (Å²) in [5, 5.41) is 4.14. The Morgan fingerprint density at radius 3 is 2.71 bits per heavy atom. The maximum atomic E-state index is 12.3. The van der Waals surface area contributed by atoms with Gasteiger partial charge in [-0.1, -0.05) is 12.1 Å². The molecule has 2 aromatic carbocycles. The van der Waals surface area contributed by atoms with Crippen LogP contribution in [-0.2, 0) is 0 Å². The molecular weight excluding hydrogens is 465 g/mol. The maximum absolute atomic E-state index is 12.3. The lowest BCUT2D eigenvalue weighted by Gasteiger charge is -2.40. The second-order valence-corrected chi connectivity index (χ2v) is 8.61. The number of rotatable bonds is 4. The first kappa shape index (κ1) is 20.4. The lowest BCUT2D eigenvalue weighted by Crippen LogP contribution is -2.42. The molecule has 0 aromatic heterocycles. The average Bonchev–Trinajstić information content (AvgIpc) is 2.65. The Labute approximate surface area is 179 Å². The third-order valence-electron chi connectivity index (χ3n) is 5.02. The zero-order valence-electron chi connectivity index (χ0n) is 16.7. The molecular formula is C22H24IN3O2. The first-order valence-electron chi connectivity index (χ1n) is 8.97. The Hall–Kier alpha value is -2.35. The van der Waals surface area contributed by atoms with Crippen molar-refractivity contribution < 1.29 is 9.53 Å². The van der Waals surface area contributed by atoms with Crippen molar-refractivity contribution in [3.05, 3.63) is 62.7 Å². The van der Waals surface area contributed by atoms with E-state index in [0.29, 0.717) is 11.3 Å². The van der Waals surface area contributed by atoms with Crippen LogP contribution in [0.1, 0.15) is 42.3 Å². The molecule has 1 N–H and O–H groups in total. The Balaban J connectivity index is 1.88. The molecule has 1 amide bonds. The molecule has 0 radical (unpaired) electrons. The molecule has 0 aliphatic carbocycles. The Bertz CT molecular complexity index is 980. The normalized spacial score (nSPS) is 15.2. The summed E-state index contributed by atoms with van der Waals surface area (Å²) >= 11 is 2.18. The molecule has 0 saturated heterocycles. The van der Waals surface area contributed by atoms with Crippen molar-refractivity contribution in [2.75, 3.05) is 19.1 Å². The molecule has 0 bridgehead atoms. The van der Waals surface area contributed by atoms with Gasteiger partial charge in [-0.05, 0) is 73.2 Å². The largest absolute Gasteiger partial charge is 0.496 e. The van der Waals surface area contributed by atoms with Gasteiger partial charge in [-0.15, -0.1) is 0 Å². The van der Waals surface area contributed by atoms with Gasteiger partial charge in [-0.2, -0.15) is 5.10 Å². The summed E-state index contributed by atoms with van der Waals surface area (Å²) in [7, 11) is 3.72. The average molecular weight is 489 g/mol. The first-order valence-corrected chi connectivity index (χ1v) is 10.1. The molecule has 0 saturated carbocycles. The van der Waals surface area contributed by atoms with E-state index < -0.39 is 0 Å². The number of benzene rings is 2. The number of methoxy groups -OCH3 is 1. The van der Waals surface area contributed by atoms with E-state index in [-0.39, 0.29) is 11.4 Å². The first-order chi connectivity index (χ1) is 13.2. The van der Waals surface area contributed by atoms with Crippen LogP contribution >= 0.6 is 22.6 Å². The van der Waals surface area contributed by atoms with Crippen LogP contribution in [-0.4, -0.2) is 31.8 Å². The van der Waals surface area contributed by atoms with Crippen LogP contribution in [0.3, 0.4) is 0 Å². The molecule has 0 spiro atoms. The molecule has 146 valence electrons. The van der Waals surface area contributed by atoms with E-state index in [1.807, 2.05) is 30.3 Å². The van der Waals surface area contributed by atoms with Crippen molar-refractivity contribution in [2.45, 2.75) is 26.3 Å². The zero-order chi connectivity index (χ0) is 20.5. The number of hydrogen-bond donors (Lipinski definition) is 1. The van der Waals surface area contributed by atoms with Crippen LogP contribution in [0.15, 0.2) is 47.6 Å². The van der Waals surface area contributed by atoms with E-state index in [4.69, 9.17) is 4.74 Å². The standard InChI is InChI=1S/C22H24IN3O2/c1-14-12-22(2,3)26(4)19-11-20(28-5)16(10-18(14)19)13-24-25-21(27)15-7-6-8-17(23)9-15/h6-13H,1-5H3,(H,25,27)/b24-13-. The lowest BCUT2D eigenvalue weighted by atomic mass is 9.88. The number of ether oxygens (including phenoxy) is 1. The van der Waals surface area contributed by atoms with Crippen molar-refractivity contribution in [1.82, 2.24) is 5.43 Å². The van der Waals surface area contributed by atoms with Crippen LogP contribution in [0.25, 0.3) is 5.57 Å². The Morgan fingerprint density at radius 2 is 2.04 bits per heavy atom. The number of nitrogens with one attached hydrogen (secondary N) is 1. The van der Waals surface area contributed by atoms with Gasteiger partial charge in [0.25, 0.3) is 5.91 Å². The number of anilines is 1. The van der Waals surface area contributed by atoms with E-state index in [1.165, 1.54) is 5.57 Å². The zero-order valence-corrected chi connectivity index (χ0v) is 18.9. The number of allylic oxidation sites excluding steroid dienone is 1. The molecule has 6 heteroatoms. The van der Waals surface area contributed by atoms with Crippen molar-refractivity contribution in [1.29, 1.82) is 0 Å². The number of hydrazone groups is 1. The molecule has 1 aliphatic heterocycles. The number of fused-ring (bicyclic) bond motifs is 1. The van der Waals surface area contributed by atoms with Crippen molar-refractivity contribution in [2.24, 2.45) is 5.10 Å². The molecule has 2 aromatic rings. The van der Waals surface area contributed by atoms with Gasteiger partial charge in [-0.25, -0.2) is 5.43 Å². The third kappa shape index (κ3) is 4.06. The molecule has 1 heterocycles. The van der Waals surface area contributed by atoms with E-state index in [1.54, 1.807) is 19.4 Å². The van der Waals surface area contributed by atoms with E-state index in [2.05, 4.69) is 71.9 Å². The lowest BCUT2D eigenvalue weighted by molar-refractivity contribution is 0.0955. The smallest absolute Gasteiger partial charge is 0.271 e. The Morgan fingerprint density at radius 1 is 1.29 bits per heavy atom. The third-order valence-corrected chi connectivity index (χ3v) is 5.70. The number of hydrogen-bond acceptors (Lipinski definition) is 4. The monoisotopic (exact) mass is 489 g/mol. The second-order valence-electron chi connectivity index (χ2n) is 7.36. The van der Waals surface area contributed by atoms with E-state index >= 15 is 0 Å². The summed E-state index contributed by atoms with van der Waals surface area (Å²) in [6.45, 7) is 6.48. The van der Waals surface area contributed by atoms with Crippen LogP contribution in [0, 0.1) is 3.57 Å². The van der Waals surface area contributed by atoms with Crippen LogP contribution in [0.5, 0.6) is 5.75 Å². The molecule has 3 rings (SSSR count). The van der Waals surface area contributed by atoms with Gasteiger partial charge in [0, 0.05) is 39.1 Å². The van der Waals surface area contributed by atoms with Crippen LogP contribution < -0.4 is 15.1 Å². The van der Waals surface area contributed by atoms with Gasteiger partial charge >= 0.3 is 0 Å². The molecule has 28 heavy (non-hydrogen) atoms. The number of halogens is 1. The molecule has 0 unspecified atom stereocenters. The second kappa shape index (κ2) is 7.95. The predicted octanol–water partition coefficient (Wildman–Crippen LogP) is 4.70. The van der Waals surface area contributed by atoms with Gasteiger partial charge in [0.1, 0.15) is 5.75 Å². The highest BCUT2D eigenvalue weighted by Crippen LogP contribution is 2.40. The van der Waals surface area contributed by atoms with Gasteiger partial charge in [-0.3, -0.25) is 4.79 Å². The summed E-state index contributed by atoms with van der Waals surface area (Å²) < 4.78 is 6.57. The van der Waals surface area contributed by atoms with Gasteiger partial charge < -0.3 is 9.64 Å². The highest BCUT2D eigenvalue weighted by Gasteiger charge is 2.29. The summed E-state index contributed by atoms with van der Waals surface area (Å²) in [5.74, 6) is 0.465. The number of carbonyl (C=O) groups is 1.